The molecule has 0 N–H and O–H groups in total. The van der Waals surface area contributed by atoms with Gasteiger partial charge in [-0.15, -0.1) is 0 Å². The van der Waals surface area contributed by atoms with E-state index in [2.05, 4.69) is 280 Å². The second kappa shape index (κ2) is 65.6. The van der Waals surface area contributed by atoms with E-state index in [1.54, 1.807) is 27.9 Å². The molecule has 834 valence electrons. The van der Waals surface area contributed by atoms with E-state index in [4.69, 9.17) is 42.6 Å². The molecular formula is C129H253NO10. The van der Waals surface area contributed by atoms with E-state index in [9.17, 15) is 4.79 Å². The lowest BCUT2D eigenvalue weighted by Gasteiger charge is -2.36. The van der Waals surface area contributed by atoms with Crippen LogP contribution in [0.25, 0.3) is 0 Å². The molecule has 14 bridgehead atoms. The van der Waals surface area contributed by atoms with Crippen molar-refractivity contribution in [2.45, 2.75) is 595 Å². The van der Waals surface area contributed by atoms with Gasteiger partial charge in [-0.25, -0.2) is 0 Å². The van der Waals surface area contributed by atoms with Gasteiger partial charge in [0.05, 0.1) is 84.4 Å². The maximum absolute atomic E-state index is 11.0. The van der Waals surface area contributed by atoms with Crippen molar-refractivity contribution >= 4 is 5.78 Å². The molecule has 0 aromatic rings. The fraction of sp³-hybridized carbons (Fsp3) is 0.837. The third-order valence-electron chi connectivity index (χ3n) is 35.1. The summed E-state index contributed by atoms with van der Waals surface area (Å²) in [6.45, 7) is 83.9. The zero-order valence-electron chi connectivity index (χ0n) is 88.4. The van der Waals surface area contributed by atoms with E-state index in [1.807, 2.05) is 41.5 Å². The summed E-state index contributed by atoms with van der Waals surface area (Å²) in [7, 11) is 2.24. The lowest BCUT2D eigenvalue weighted by molar-refractivity contribution is -0.123. The molecule has 10 aliphatic carbocycles. The number of nitrogens with zero attached hydrogens (tertiary/aromatic N) is 1. The molecule has 10 heterocycles. The summed E-state index contributed by atoms with van der Waals surface area (Å²) in [6.07, 6.45) is 59.0. The minimum Gasteiger partial charge on any atom is -0.379 e. The Kier molecular flexibility index (Phi) is 71.2. The van der Waals surface area contributed by atoms with Crippen LogP contribution in [0.4, 0.5) is 0 Å². The first kappa shape index (κ1) is 152. The lowest BCUT2D eigenvalue weighted by Crippen LogP contribution is -2.36. The summed E-state index contributed by atoms with van der Waals surface area (Å²) in [5.41, 5.74) is 16.1. The van der Waals surface area contributed by atoms with Gasteiger partial charge < -0.3 is 47.5 Å². The highest BCUT2D eigenvalue weighted by atomic mass is 16.6. The molecule has 4 saturated carbocycles. The summed E-state index contributed by atoms with van der Waals surface area (Å²) in [4.78, 5) is 13.4. The standard InChI is InChI=1S/C13H23N.C10H16O.2C10H16.C10H14.C9H12O.C9H14.C8H14O.C7H14O2.C7H12O2.2C7H14O.C6H12O.C2H6.14CH4/c1-5-14(4)9-13(3)8-11-7-12(13)6-10(11)2;1-4-10(3)6-8-7(2)5-9(10)11-8;1-3-8-5-9-6-10(8)4-7(9)2;1-3-10(2)7-8-4-5-9(10)6-8;1-3-10-7(2)8-4-5-9(10)6-8;1-3-7-6(2)8-4-5-9(7)10-8;1-2-8-5-7-3-4-9(8)6-7;1-5-6(2)8(4)7(3)9-8;1-4-8-5-7(3)6(2)9-7;1-4-6(8)7(3)5(2)9-7;2*1-4-5-7(3)6(2)8-7;1-4-6(3)5(2)7-6;1-2;;;;;;;;;;;;;;/h6,11-12H,5,7-9H2,1-4H3;5,8-9H,4,6H2,1-3H3;4,8-10H,3,5-6H2,1-2H3;4-5,8-9H,3,6-7H2,1-2H3;4-5,8-9H,3,6H2,1-2H3;4-5,8-9H,3H2,1-2H3;5,7,9H,2-4,6H2,1H3;7H,2,5H2,1,3-4H3;6H,4-5H2,1-3H3;5H,4H2,1-3H3;2*6H,4-5H2,1-3H3;5H,4H2,1-3H3;1-2H3;14*1H4. The number of Topliss-reactive ketones (excluding diaryl/α,β-unsaturated/α-hetero) is 1. The van der Waals surface area contributed by atoms with Gasteiger partial charge in [0, 0.05) is 19.6 Å². The number of fused-ring (bicyclic) bond motifs is 14. The first-order valence-electron chi connectivity index (χ1n) is 52.3. The quantitative estimate of drug-likeness (QED) is 0.0806. The van der Waals surface area contributed by atoms with Crippen molar-refractivity contribution in [1.82, 2.24) is 4.90 Å². The number of carbonyl (C=O) groups excluding carboxylic acids is 1. The van der Waals surface area contributed by atoms with E-state index in [0.717, 1.165) is 97.6 Å². The van der Waals surface area contributed by atoms with Crippen LogP contribution in [0.2, 0.25) is 0 Å². The highest BCUT2D eigenvalue weighted by Gasteiger charge is 2.56. The zero-order valence-corrected chi connectivity index (χ0v) is 88.4. The van der Waals surface area contributed by atoms with Gasteiger partial charge in [0.2, 0.25) is 0 Å². The first-order valence-corrected chi connectivity index (χ1v) is 52.3. The molecule has 20 rings (SSSR count). The van der Waals surface area contributed by atoms with Gasteiger partial charge in [0.25, 0.3) is 0 Å². The molecule has 0 aromatic carbocycles. The van der Waals surface area contributed by atoms with Crippen molar-refractivity contribution in [3.8, 4) is 0 Å². The highest BCUT2D eigenvalue weighted by molar-refractivity contribution is 5.89. The normalized spacial score (nSPS) is 37.8. The molecule has 0 spiro atoms. The number of ether oxygens (including phenoxy) is 9. The minimum atomic E-state index is -0.422. The SMILES string of the molecule is C.C.C.C.C.C.C.C.C.C.C.C.C.C.C=C(CC)C1(C)OC1C.CC.CCC(=O)C1(C)OC1C.CCC1(C)CC2C=CC1C2.CCC1(C)CC2OC1C=C2C.CCC1(C)OC1C.CCC1=C(C)C2C=CC1C2.CCC1=C(C)C2C=CC1O2.CCC1=CC2CCC1C2.CCC1CC2CC1C=C2C.CCCC1(C)OC1C.CCCC1(C)OC1C.CCN(C)CC1(C)CC2CC1C=C2C.CCOCC1(C)OC1C. The lowest BCUT2D eigenvalue weighted by atomic mass is 9.75. The summed E-state index contributed by atoms with van der Waals surface area (Å²) < 4.78 is 48.3. The average molecular weight is 1980 g/mol. The van der Waals surface area contributed by atoms with Gasteiger partial charge in [-0.2, -0.15) is 0 Å². The molecule has 20 aliphatic rings. The Morgan fingerprint density at radius 3 is 1.17 bits per heavy atom. The molecule has 7 saturated heterocycles. The average Bonchev–Trinajstić information content (AvgIpc) is 1.61. The Labute approximate surface area is 880 Å². The monoisotopic (exact) mass is 1980 g/mol. The Bertz CT molecular complexity index is 3650. The fourth-order valence-corrected chi connectivity index (χ4v) is 23.1. The molecular weight excluding hydrogens is 1720 g/mol. The number of epoxide rings is 6. The van der Waals surface area contributed by atoms with E-state index in [0.29, 0.717) is 77.6 Å². The number of hydrogen-bond acceptors (Lipinski definition) is 11. The summed E-state index contributed by atoms with van der Waals surface area (Å²) in [5.74, 6) is 10.5. The Balaban J connectivity index is -0.000000223. The van der Waals surface area contributed by atoms with E-state index in [-0.39, 0.29) is 144 Å². The maximum atomic E-state index is 11.0. The summed E-state index contributed by atoms with van der Waals surface area (Å²) in [5, 5.41) is 0. The minimum absolute atomic E-state index is 0. The molecule has 10 aliphatic heterocycles. The summed E-state index contributed by atoms with van der Waals surface area (Å²) in [6, 6.07) is 0. The van der Waals surface area contributed by atoms with Crippen molar-refractivity contribution in [1.29, 1.82) is 0 Å². The molecule has 11 nitrogen and oxygen atoms in total. The van der Waals surface area contributed by atoms with Crippen LogP contribution in [0, 0.1) is 81.3 Å². The fourth-order valence-electron chi connectivity index (χ4n) is 23.1. The second-order valence-electron chi connectivity index (χ2n) is 43.9. The number of rotatable bonds is 21. The van der Waals surface area contributed by atoms with Crippen LogP contribution in [0.1, 0.15) is 500 Å². The predicted octanol–water partition coefficient (Wildman–Crippen LogP) is 39.1. The molecule has 11 heteroatoms. The molecule has 0 radical (unpaired) electrons. The van der Waals surface area contributed by atoms with Gasteiger partial charge >= 0.3 is 0 Å². The van der Waals surface area contributed by atoms with Crippen LogP contribution in [0.5, 0.6) is 0 Å². The van der Waals surface area contributed by atoms with Gasteiger partial charge in [0.1, 0.15) is 16.8 Å². The van der Waals surface area contributed by atoms with Gasteiger partial charge in [-0.3, -0.25) is 4.79 Å². The Hall–Kier alpha value is -3.33. The maximum Gasteiger partial charge on any atom is 0.166 e. The number of carbonyl (C=O) groups is 1. The zero-order chi connectivity index (χ0) is 94.2. The third-order valence-corrected chi connectivity index (χ3v) is 35.1. The number of hydrogen-bond donors (Lipinski definition) is 0. The van der Waals surface area contributed by atoms with Crippen LogP contribution in [-0.4, -0.2) is 139 Å². The van der Waals surface area contributed by atoms with Crippen molar-refractivity contribution in [3.63, 3.8) is 0 Å². The van der Waals surface area contributed by atoms with Gasteiger partial charge in [-0.1, -0.05) is 343 Å². The second-order valence-corrected chi connectivity index (χ2v) is 43.9. The Morgan fingerprint density at radius 2 is 0.929 bits per heavy atom. The molecule has 30 unspecified atom stereocenters. The van der Waals surface area contributed by atoms with Crippen LogP contribution in [0.3, 0.4) is 0 Å². The molecule has 0 aromatic heterocycles. The van der Waals surface area contributed by atoms with Crippen LogP contribution in [0.15, 0.2) is 117 Å². The largest absolute Gasteiger partial charge is 0.379 e. The van der Waals surface area contributed by atoms with Crippen molar-refractivity contribution in [2.24, 2.45) is 81.3 Å². The van der Waals surface area contributed by atoms with Crippen LogP contribution in [-0.2, 0) is 47.4 Å². The molecule has 11 fully saturated rings. The smallest absolute Gasteiger partial charge is 0.166 e. The van der Waals surface area contributed by atoms with Crippen molar-refractivity contribution in [3.05, 3.63) is 117 Å². The highest BCUT2D eigenvalue weighted by Crippen LogP contribution is 2.57. The summed E-state index contributed by atoms with van der Waals surface area (Å²) >= 11 is 0. The predicted molar refractivity (Wildman–Crippen MR) is 629 cm³/mol. The van der Waals surface area contributed by atoms with Crippen LogP contribution >= 0.6 is 0 Å². The molecule has 140 heavy (non-hydrogen) atoms. The Morgan fingerprint density at radius 1 is 0.429 bits per heavy atom. The third kappa shape index (κ3) is 38.9. The number of allylic oxidation sites excluding steroid dienone is 12. The van der Waals surface area contributed by atoms with Crippen molar-refractivity contribution < 1.29 is 47.4 Å². The van der Waals surface area contributed by atoms with Crippen LogP contribution < -0.4 is 0 Å². The van der Waals surface area contributed by atoms with Crippen molar-refractivity contribution in [2.75, 3.05) is 33.4 Å². The number of ketones is 1. The molecule has 0 amide bonds. The van der Waals surface area contributed by atoms with Gasteiger partial charge in [-0.05, 0) is 364 Å². The van der Waals surface area contributed by atoms with E-state index < -0.39 is 5.60 Å². The van der Waals surface area contributed by atoms with Gasteiger partial charge in [0.15, 0.2) is 5.78 Å². The molecule has 30 atom stereocenters. The topological polar surface area (TPSA) is 123 Å². The van der Waals surface area contributed by atoms with E-state index in [1.165, 1.54) is 164 Å². The first-order chi connectivity index (χ1) is 59.3. The van der Waals surface area contributed by atoms with E-state index >= 15 is 0 Å².